The van der Waals surface area contributed by atoms with E-state index in [2.05, 4.69) is 41.3 Å². The van der Waals surface area contributed by atoms with Crippen LogP contribution in [0.15, 0.2) is 82.6 Å². The fraction of sp³-hybridized carbons (Fsp3) is 0.167. The summed E-state index contributed by atoms with van der Waals surface area (Å²) in [4.78, 5) is 27.9. The van der Waals surface area contributed by atoms with Crippen LogP contribution in [0.2, 0.25) is 0 Å². The van der Waals surface area contributed by atoms with Crippen LogP contribution in [0.3, 0.4) is 0 Å². The largest absolute Gasteiger partial charge is 0.473 e. The van der Waals surface area contributed by atoms with Crippen LogP contribution in [0.4, 0.5) is 11.4 Å². The lowest BCUT2D eigenvalue weighted by atomic mass is 10.1. The van der Waals surface area contributed by atoms with Gasteiger partial charge < -0.3 is 9.64 Å². The summed E-state index contributed by atoms with van der Waals surface area (Å²) in [5.41, 5.74) is 3.31. The second kappa shape index (κ2) is 8.20. The van der Waals surface area contributed by atoms with E-state index in [9.17, 15) is 9.59 Å². The number of carbonyl (C=O) groups is 2. The molecule has 0 N–H and O–H groups in total. The third-order valence-corrected chi connectivity index (χ3v) is 7.44. The van der Waals surface area contributed by atoms with E-state index >= 15 is 0 Å². The Kier molecular flexibility index (Phi) is 5.27. The summed E-state index contributed by atoms with van der Waals surface area (Å²) >= 11 is 2.93. The maximum Gasteiger partial charge on any atom is 0.197 e. The second-order valence-corrected chi connectivity index (χ2v) is 9.55. The maximum absolute atomic E-state index is 11.9. The van der Waals surface area contributed by atoms with E-state index in [4.69, 9.17) is 4.74 Å². The number of nitrogens with zero attached hydrogens (tertiary/aromatic N) is 1. The first-order valence-electron chi connectivity index (χ1n) is 9.75. The predicted octanol–water partition coefficient (Wildman–Crippen LogP) is 5.47. The highest BCUT2D eigenvalue weighted by molar-refractivity contribution is 8.15. The molecule has 4 nitrogen and oxygen atoms in total. The number of ether oxygens (including phenoxy) is 1. The van der Waals surface area contributed by atoms with Gasteiger partial charge >= 0.3 is 0 Å². The van der Waals surface area contributed by atoms with Gasteiger partial charge in [0.2, 0.25) is 0 Å². The molecule has 0 bridgehead atoms. The van der Waals surface area contributed by atoms with Gasteiger partial charge in [-0.25, -0.2) is 0 Å². The van der Waals surface area contributed by atoms with E-state index in [1.807, 2.05) is 36.4 Å². The number of benzene rings is 3. The van der Waals surface area contributed by atoms with Crippen LogP contribution in [-0.4, -0.2) is 22.9 Å². The zero-order chi connectivity index (χ0) is 20.5. The predicted molar refractivity (Wildman–Crippen MR) is 121 cm³/mol. The highest BCUT2D eigenvalue weighted by atomic mass is 32.2. The number of hydrogen-bond acceptors (Lipinski definition) is 6. The van der Waals surface area contributed by atoms with Crippen molar-refractivity contribution in [2.45, 2.75) is 27.9 Å². The monoisotopic (exact) mass is 433 g/mol. The molecular weight excluding hydrogens is 414 g/mol. The molecule has 1 atom stereocenters. The minimum absolute atomic E-state index is 0.0230. The number of anilines is 2. The Balaban J connectivity index is 1.30. The van der Waals surface area contributed by atoms with E-state index in [0.717, 1.165) is 34.4 Å². The topological polar surface area (TPSA) is 46.6 Å². The molecule has 0 radical (unpaired) electrons. The Labute approximate surface area is 183 Å². The van der Waals surface area contributed by atoms with Crippen molar-refractivity contribution < 1.29 is 14.3 Å². The number of hydrogen-bond donors (Lipinski definition) is 0. The number of para-hydroxylation sites is 2. The Bertz CT molecular complexity index is 1070. The molecule has 6 heteroatoms. The van der Waals surface area contributed by atoms with Gasteiger partial charge in [-0.3, -0.25) is 9.59 Å². The quantitative estimate of drug-likeness (QED) is 0.497. The lowest BCUT2D eigenvalue weighted by molar-refractivity contribution is -0.121. The molecule has 1 fully saturated rings. The minimum Gasteiger partial charge on any atom is -0.473 e. The molecule has 0 aliphatic carbocycles. The van der Waals surface area contributed by atoms with Gasteiger partial charge in [0.25, 0.3) is 0 Å². The zero-order valence-corrected chi connectivity index (χ0v) is 17.7. The van der Waals surface area contributed by atoms with Crippen molar-refractivity contribution in [3.63, 3.8) is 0 Å². The maximum atomic E-state index is 11.9. The summed E-state index contributed by atoms with van der Waals surface area (Å²) < 4.78 is 6.11. The van der Waals surface area contributed by atoms with Gasteiger partial charge in [0.1, 0.15) is 5.75 Å². The molecular formula is C24H19NO3S2. The average Bonchev–Trinajstić information content (AvgIpc) is 3.08. The Morgan fingerprint density at radius 2 is 1.50 bits per heavy atom. The fourth-order valence-corrected chi connectivity index (χ4v) is 5.80. The van der Waals surface area contributed by atoms with Gasteiger partial charge in [-0.2, -0.15) is 0 Å². The van der Waals surface area contributed by atoms with Crippen LogP contribution < -0.4 is 9.64 Å². The molecule has 0 aromatic heterocycles. The molecule has 3 aromatic carbocycles. The number of carbonyl (C=O) groups excluding carboxylic acids is 2. The second-order valence-electron chi connectivity index (χ2n) is 7.21. The molecule has 5 rings (SSSR count). The lowest BCUT2D eigenvalue weighted by Crippen LogP contribution is -2.25. The van der Waals surface area contributed by atoms with Crippen LogP contribution in [0.1, 0.15) is 12.0 Å². The van der Waals surface area contributed by atoms with Crippen LogP contribution in [-0.2, 0) is 16.0 Å². The summed E-state index contributed by atoms with van der Waals surface area (Å²) in [6, 6.07) is 24.5. The van der Waals surface area contributed by atoms with Gasteiger partial charge in [-0.15, -0.1) is 0 Å². The highest BCUT2D eigenvalue weighted by Crippen LogP contribution is 2.47. The smallest absolute Gasteiger partial charge is 0.197 e. The molecule has 30 heavy (non-hydrogen) atoms. The highest BCUT2D eigenvalue weighted by Gasteiger charge is 2.31. The van der Waals surface area contributed by atoms with Crippen molar-refractivity contribution in [3.8, 4) is 5.75 Å². The Morgan fingerprint density at radius 1 is 0.867 bits per heavy atom. The molecule has 2 heterocycles. The summed E-state index contributed by atoms with van der Waals surface area (Å²) in [7, 11) is 0. The zero-order valence-electron chi connectivity index (χ0n) is 16.1. The van der Waals surface area contributed by atoms with Gasteiger partial charge in [0, 0.05) is 9.79 Å². The fourth-order valence-electron chi connectivity index (χ4n) is 3.67. The normalized spacial score (nSPS) is 17.6. The van der Waals surface area contributed by atoms with Crippen molar-refractivity contribution in [2.24, 2.45) is 0 Å². The van der Waals surface area contributed by atoms with Crippen LogP contribution in [0.25, 0.3) is 0 Å². The molecule has 2 aliphatic heterocycles. The number of fused-ring (bicyclic) bond motifs is 2. The van der Waals surface area contributed by atoms with E-state index in [1.165, 1.54) is 9.79 Å². The Morgan fingerprint density at radius 3 is 2.10 bits per heavy atom. The lowest BCUT2D eigenvalue weighted by Gasteiger charge is -2.32. The van der Waals surface area contributed by atoms with E-state index in [0.29, 0.717) is 13.2 Å². The van der Waals surface area contributed by atoms with E-state index in [1.54, 1.807) is 11.8 Å². The first-order chi connectivity index (χ1) is 14.7. The van der Waals surface area contributed by atoms with Gasteiger partial charge in [0.05, 0.1) is 23.0 Å². The van der Waals surface area contributed by atoms with Crippen molar-refractivity contribution >= 4 is 45.8 Å². The third kappa shape index (κ3) is 3.85. The number of Topliss-reactive ketones (excluding diaryl/α,β-unsaturated/α-hetero) is 1. The summed E-state index contributed by atoms with van der Waals surface area (Å²) in [5.74, 6) is 0.805. The molecule has 0 saturated carbocycles. The molecule has 0 spiro atoms. The Hall–Kier alpha value is -2.70. The average molecular weight is 434 g/mol. The number of thioether (sulfide) groups is 1. The van der Waals surface area contributed by atoms with Crippen LogP contribution in [0, 0.1) is 0 Å². The standard InChI is InChI=1S/C24H19NO3S2/c26-20-14-24(27)30-23(20)13-16-9-11-17(12-10-16)28-15-25-18-5-1-3-7-21(18)29-22-8-4-2-6-19(22)25/h1-12,23H,13-15H2. The summed E-state index contributed by atoms with van der Waals surface area (Å²) in [5, 5.41) is -0.270. The van der Waals surface area contributed by atoms with E-state index in [-0.39, 0.29) is 22.6 Å². The molecule has 1 saturated heterocycles. The van der Waals surface area contributed by atoms with Crippen molar-refractivity contribution in [1.29, 1.82) is 0 Å². The van der Waals surface area contributed by atoms with Crippen LogP contribution in [0.5, 0.6) is 5.75 Å². The van der Waals surface area contributed by atoms with Gasteiger partial charge in [-0.05, 0) is 48.4 Å². The summed E-state index contributed by atoms with van der Waals surface area (Å²) in [6.07, 6.45) is 0.646. The van der Waals surface area contributed by atoms with Gasteiger partial charge in [0.15, 0.2) is 17.6 Å². The molecule has 3 aromatic rings. The SMILES string of the molecule is O=C1CC(=O)C(Cc2ccc(OCN3c4ccccc4Sc4ccccc43)cc2)S1. The minimum atomic E-state index is -0.247. The van der Waals surface area contributed by atoms with Crippen LogP contribution >= 0.6 is 23.5 Å². The van der Waals surface area contributed by atoms with Crippen molar-refractivity contribution in [2.75, 3.05) is 11.6 Å². The molecule has 2 aliphatic rings. The molecule has 1 unspecified atom stereocenters. The first kappa shape index (κ1) is 19.3. The van der Waals surface area contributed by atoms with Crippen molar-refractivity contribution in [3.05, 3.63) is 78.4 Å². The number of rotatable bonds is 5. The molecule has 150 valence electrons. The van der Waals surface area contributed by atoms with Crippen molar-refractivity contribution in [1.82, 2.24) is 0 Å². The number of ketones is 1. The van der Waals surface area contributed by atoms with E-state index < -0.39 is 0 Å². The summed E-state index contributed by atoms with van der Waals surface area (Å²) in [6.45, 7) is 0.402. The van der Waals surface area contributed by atoms with Gasteiger partial charge in [-0.1, -0.05) is 59.9 Å². The third-order valence-electron chi connectivity index (χ3n) is 5.19. The molecule has 0 amide bonds. The first-order valence-corrected chi connectivity index (χ1v) is 11.4.